The van der Waals surface area contributed by atoms with E-state index in [9.17, 15) is 9.50 Å². The second-order valence-corrected chi connectivity index (χ2v) is 4.97. The average molecular weight is 297 g/mol. The first-order chi connectivity index (χ1) is 10.7. The highest BCUT2D eigenvalue weighted by atomic mass is 19.1. The van der Waals surface area contributed by atoms with Crippen molar-refractivity contribution in [3.8, 4) is 5.75 Å². The number of methoxy groups -OCH3 is 1. The number of allylic oxidation sites excluding steroid dienone is 2. The Labute approximate surface area is 128 Å². The highest BCUT2D eigenvalue weighted by Gasteiger charge is 2.17. The zero-order valence-electron chi connectivity index (χ0n) is 12.1. The molecule has 0 aliphatic carbocycles. The number of rotatable bonds is 3. The molecule has 0 bridgehead atoms. The summed E-state index contributed by atoms with van der Waals surface area (Å²) in [7, 11) is 1.61. The topological polar surface area (TPSA) is 32.7 Å². The van der Waals surface area contributed by atoms with Gasteiger partial charge in [-0.2, -0.15) is 0 Å². The molecule has 1 aliphatic rings. The van der Waals surface area contributed by atoms with Crippen LogP contribution < -0.4 is 9.64 Å². The lowest BCUT2D eigenvalue weighted by atomic mass is 10.0. The van der Waals surface area contributed by atoms with Crippen LogP contribution in [0.25, 0.3) is 5.57 Å². The standard InChI is InChI=1S/C18H16FNO2/c1-22-17-9-7-16(8-10-17)20-12-14(4-11-18(20)21)13-2-5-15(19)6-3-13/h2-12,18,21H,1H3. The molecule has 0 fully saturated rings. The number of benzene rings is 2. The second kappa shape index (κ2) is 6.03. The Morgan fingerprint density at radius 3 is 2.36 bits per heavy atom. The average Bonchev–Trinajstić information content (AvgIpc) is 2.56. The first-order valence-corrected chi connectivity index (χ1v) is 6.94. The lowest BCUT2D eigenvalue weighted by Crippen LogP contribution is -2.30. The van der Waals surface area contributed by atoms with Crippen molar-refractivity contribution in [1.82, 2.24) is 0 Å². The number of aliphatic hydroxyl groups excluding tert-OH is 1. The van der Waals surface area contributed by atoms with Crippen molar-refractivity contribution in [3.05, 3.63) is 78.3 Å². The molecule has 2 aromatic carbocycles. The Bertz CT molecular complexity index is 705. The monoisotopic (exact) mass is 297 g/mol. The molecule has 1 heterocycles. The summed E-state index contributed by atoms with van der Waals surface area (Å²) < 4.78 is 18.2. The van der Waals surface area contributed by atoms with Gasteiger partial charge in [0.15, 0.2) is 0 Å². The van der Waals surface area contributed by atoms with Gasteiger partial charge in [-0.15, -0.1) is 0 Å². The number of ether oxygens (including phenoxy) is 1. The zero-order chi connectivity index (χ0) is 15.5. The molecule has 1 N–H and O–H groups in total. The molecule has 3 nitrogen and oxygen atoms in total. The normalized spacial score (nSPS) is 17.3. The summed E-state index contributed by atoms with van der Waals surface area (Å²) in [5.41, 5.74) is 2.64. The van der Waals surface area contributed by atoms with Crippen LogP contribution in [-0.4, -0.2) is 18.4 Å². The van der Waals surface area contributed by atoms with Gasteiger partial charge in [-0.25, -0.2) is 4.39 Å². The maximum absolute atomic E-state index is 13.0. The SMILES string of the molecule is COc1ccc(N2C=C(c3ccc(F)cc3)C=CC2O)cc1. The molecule has 4 heteroatoms. The molecule has 0 saturated heterocycles. The van der Waals surface area contributed by atoms with Gasteiger partial charge in [-0.1, -0.05) is 18.2 Å². The number of aliphatic hydroxyl groups is 1. The van der Waals surface area contributed by atoms with Crippen molar-refractivity contribution < 1.29 is 14.2 Å². The van der Waals surface area contributed by atoms with Gasteiger partial charge >= 0.3 is 0 Å². The Morgan fingerprint density at radius 2 is 1.73 bits per heavy atom. The van der Waals surface area contributed by atoms with Gasteiger partial charge in [-0.05, 0) is 53.6 Å². The molecule has 0 radical (unpaired) electrons. The van der Waals surface area contributed by atoms with Gasteiger partial charge in [0.25, 0.3) is 0 Å². The van der Waals surface area contributed by atoms with Crippen molar-refractivity contribution in [2.45, 2.75) is 6.23 Å². The number of hydrogen-bond donors (Lipinski definition) is 1. The van der Waals surface area contributed by atoms with Crippen LogP contribution in [0, 0.1) is 5.82 Å². The fraction of sp³-hybridized carbons (Fsp3) is 0.111. The van der Waals surface area contributed by atoms with Gasteiger partial charge in [0.2, 0.25) is 0 Å². The number of hydrogen-bond acceptors (Lipinski definition) is 3. The highest BCUT2D eigenvalue weighted by Crippen LogP contribution is 2.28. The minimum Gasteiger partial charge on any atom is -0.497 e. The largest absolute Gasteiger partial charge is 0.497 e. The maximum atomic E-state index is 13.0. The third-order valence-electron chi connectivity index (χ3n) is 3.56. The summed E-state index contributed by atoms with van der Waals surface area (Å²) in [4.78, 5) is 1.75. The zero-order valence-corrected chi connectivity index (χ0v) is 12.1. The lowest BCUT2D eigenvalue weighted by molar-refractivity contribution is 0.227. The minimum absolute atomic E-state index is 0.267. The third kappa shape index (κ3) is 2.87. The van der Waals surface area contributed by atoms with Crippen LogP contribution in [-0.2, 0) is 0 Å². The van der Waals surface area contributed by atoms with Gasteiger partial charge in [0.1, 0.15) is 17.8 Å². The van der Waals surface area contributed by atoms with E-state index >= 15 is 0 Å². The number of halogens is 1. The van der Waals surface area contributed by atoms with Crippen LogP contribution in [0.2, 0.25) is 0 Å². The summed E-state index contributed by atoms with van der Waals surface area (Å²) >= 11 is 0. The highest BCUT2D eigenvalue weighted by molar-refractivity contribution is 5.78. The molecule has 0 spiro atoms. The molecule has 1 unspecified atom stereocenters. The van der Waals surface area contributed by atoms with Gasteiger partial charge in [0, 0.05) is 11.9 Å². The van der Waals surface area contributed by atoms with E-state index in [4.69, 9.17) is 4.74 Å². The van der Waals surface area contributed by atoms with E-state index in [0.29, 0.717) is 0 Å². The molecule has 0 aromatic heterocycles. The molecular formula is C18H16FNO2. The van der Waals surface area contributed by atoms with Crippen LogP contribution in [0.3, 0.4) is 0 Å². The second-order valence-electron chi connectivity index (χ2n) is 4.97. The first kappa shape index (κ1) is 14.4. The van der Waals surface area contributed by atoms with Crippen LogP contribution in [0.1, 0.15) is 5.56 Å². The van der Waals surface area contributed by atoms with E-state index in [2.05, 4.69) is 0 Å². The van der Waals surface area contributed by atoms with Crippen molar-refractivity contribution in [2.24, 2.45) is 0 Å². The van der Waals surface area contributed by atoms with E-state index < -0.39 is 6.23 Å². The molecule has 1 atom stereocenters. The molecule has 22 heavy (non-hydrogen) atoms. The predicted octanol–water partition coefficient (Wildman–Crippen LogP) is 3.57. The summed E-state index contributed by atoms with van der Waals surface area (Å²) in [6.45, 7) is 0. The molecule has 2 aromatic rings. The van der Waals surface area contributed by atoms with Gasteiger partial charge < -0.3 is 14.7 Å². The number of anilines is 1. The maximum Gasteiger partial charge on any atom is 0.150 e. The van der Waals surface area contributed by atoms with E-state index in [-0.39, 0.29) is 5.82 Å². The molecule has 0 amide bonds. The molecule has 0 saturated carbocycles. The summed E-state index contributed by atoms with van der Waals surface area (Å²) in [5.74, 6) is 0.490. The molecule has 1 aliphatic heterocycles. The van der Waals surface area contributed by atoms with Crippen molar-refractivity contribution in [2.75, 3.05) is 12.0 Å². The fourth-order valence-electron chi connectivity index (χ4n) is 2.35. The quantitative estimate of drug-likeness (QED) is 0.940. The summed E-state index contributed by atoms with van der Waals surface area (Å²) in [6, 6.07) is 13.7. The van der Waals surface area contributed by atoms with Crippen LogP contribution in [0.15, 0.2) is 66.9 Å². The van der Waals surface area contributed by atoms with Crippen LogP contribution in [0.5, 0.6) is 5.75 Å². The summed E-state index contributed by atoms with van der Waals surface area (Å²) in [5, 5.41) is 10.2. The van der Waals surface area contributed by atoms with Crippen LogP contribution in [0.4, 0.5) is 10.1 Å². The Balaban J connectivity index is 1.92. The van der Waals surface area contributed by atoms with Gasteiger partial charge in [0.05, 0.1) is 7.11 Å². The Hall–Kier alpha value is -2.59. The third-order valence-corrected chi connectivity index (χ3v) is 3.56. The van der Waals surface area contributed by atoms with Gasteiger partial charge in [-0.3, -0.25) is 0 Å². The first-order valence-electron chi connectivity index (χ1n) is 6.94. The smallest absolute Gasteiger partial charge is 0.150 e. The summed E-state index contributed by atoms with van der Waals surface area (Å²) in [6.07, 6.45) is 4.64. The van der Waals surface area contributed by atoms with Crippen molar-refractivity contribution in [1.29, 1.82) is 0 Å². The van der Waals surface area contributed by atoms with E-state index in [1.807, 2.05) is 36.5 Å². The molecular weight excluding hydrogens is 281 g/mol. The van der Waals surface area contributed by atoms with E-state index in [0.717, 1.165) is 22.6 Å². The van der Waals surface area contributed by atoms with Crippen molar-refractivity contribution in [3.63, 3.8) is 0 Å². The fourth-order valence-corrected chi connectivity index (χ4v) is 2.35. The molecule has 112 valence electrons. The minimum atomic E-state index is -0.738. The predicted molar refractivity (Wildman–Crippen MR) is 85.0 cm³/mol. The Morgan fingerprint density at radius 1 is 1.05 bits per heavy atom. The van der Waals surface area contributed by atoms with Crippen molar-refractivity contribution >= 4 is 11.3 Å². The Kier molecular flexibility index (Phi) is 3.94. The van der Waals surface area contributed by atoms with Crippen LogP contribution >= 0.6 is 0 Å². The number of nitrogens with zero attached hydrogens (tertiary/aromatic N) is 1. The lowest BCUT2D eigenvalue weighted by Gasteiger charge is -2.28. The molecule has 3 rings (SSSR count). The van der Waals surface area contributed by atoms with E-state index in [1.165, 1.54) is 12.1 Å². The van der Waals surface area contributed by atoms with E-state index in [1.54, 1.807) is 30.2 Å².